The van der Waals surface area contributed by atoms with E-state index in [0.717, 1.165) is 56.7 Å². The van der Waals surface area contributed by atoms with E-state index in [1.54, 1.807) is 0 Å². The van der Waals surface area contributed by atoms with E-state index in [2.05, 4.69) is 34.9 Å². The van der Waals surface area contributed by atoms with Gasteiger partial charge in [-0.3, -0.25) is 0 Å². The summed E-state index contributed by atoms with van der Waals surface area (Å²) in [5, 5.41) is 0. The smallest absolute Gasteiger partial charge is 0.139 e. The summed E-state index contributed by atoms with van der Waals surface area (Å²) in [7, 11) is 0. The Hall–Kier alpha value is -2.53. The Balaban J connectivity index is 1.32. The van der Waals surface area contributed by atoms with E-state index in [4.69, 9.17) is 9.47 Å². The second-order valence-electron chi connectivity index (χ2n) is 8.40. The largest absolute Gasteiger partial charge is 0.494 e. The van der Waals surface area contributed by atoms with Gasteiger partial charge in [0.25, 0.3) is 0 Å². The highest BCUT2D eigenvalue weighted by molar-refractivity contribution is 5.72. The maximum Gasteiger partial charge on any atom is 0.139 e. The standard InChI is InChI=1S/C26H34N2O3/c1-3-20-7-5-8-23-24-19-27(15-13-25(24)28(16-17-29)26(20)23)14-6-18-31-22-11-9-21(10-12-22)30-4-2/h5,7-12,17,24-25H,3-4,6,13-16,18-19H2,1-2H3. The van der Waals surface area contributed by atoms with Crippen LogP contribution in [0.5, 0.6) is 11.5 Å². The van der Waals surface area contributed by atoms with E-state index in [1.165, 1.54) is 16.8 Å². The van der Waals surface area contributed by atoms with Gasteiger partial charge in [0.15, 0.2) is 0 Å². The lowest BCUT2D eigenvalue weighted by Crippen LogP contribution is -2.47. The van der Waals surface area contributed by atoms with Crippen LogP contribution in [-0.4, -0.2) is 56.6 Å². The fourth-order valence-electron chi connectivity index (χ4n) is 5.18. The molecule has 2 aromatic carbocycles. The van der Waals surface area contributed by atoms with Gasteiger partial charge in [-0.05, 0) is 61.6 Å². The SMILES string of the molecule is CCOc1ccc(OCCCN2CCC3C(C2)c2cccc(CC)c2N3CC=O)cc1. The van der Waals surface area contributed by atoms with Crippen molar-refractivity contribution in [3.8, 4) is 11.5 Å². The van der Waals surface area contributed by atoms with Crippen LogP contribution in [-0.2, 0) is 11.2 Å². The summed E-state index contributed by atoms with van der Waals surface area (Å²) in [4.78, 5) is 16.3. The first-order valence-corrected chi connectivity index (χ1v) is 11.6. The van der Waals surface area contributed by atoms with Gasteiger partial charge in [0.2, 0.25) is 0 Å². The van der Waals surface area contributed by atoms with E-state index >= 15 is 0 Å². The maximum absolute atomic E-state index is 11.4. The second kappa shape index (κ2) is 10.2. The van der Waals surface area contributed by atoms with Crippen molar-refractivity contribution in [1.29, 1.82) is 0 Å². The molecule has 0 radical (unpaired) electrons. The summed E-state index contributed by atoms with van der Waals surface area (Å²) in [6.45, 7) is 9.25. The molecule has 0 aromatic heterocycles. The Labute approximate surface area is 185 Å². The number of aldehydes is 1. The molecule has 1 fully saturated rings. The number of piperidine rings is 1. The van der Waals surface area contributed by atoms with E-state index < -0.39 is 0 Å². The molecule has 31 heavy (non-hydrogen) atoms. The molecule has 0 amide bonds. The molecule has 2 aliphatic heterocycles. The number of carbonyl (C=O) groups excluding carboxylic acids is 1. The number of benzene rings is 2. The molecule has 5 nitrogen and oxygen atoms in total. The highest BCUT2D eigenvalue weighted by Crippen LogP contribution is 2.46. The van der Waals surface area contributed by atoms with Crippen molar-refractivity contribution in [2.24, 2.45) is 0 Å². The van der Waals surface area contributed by atoms with Crippen molar-refractivity contribution >= 4 is 12.0 Å². The zero-order chi connectivity index (χ0) is 21.6. The number of aryl methyl sites for hydroxylation is 1. The number of nitrogens with zero attached hydrogens (tertiary/aromatic N) is 2. The van der Waals surface area contributed by atoms with Gasteiger partial charge in [-0.25, -0.2) is 0 Å². The summed E-state index contributed by atoms with van der Waals surface area (Å²) >= 11 is 0. The fourth-order valence-corrected chi connectivity index (χ4v) is 5.18. The average molecular weight is 423 g/mol. The van der Waals surface area contributed by atoms with Crippen molar-refractivity contribution < 1.29 is 14.3 Å². The van der Waals surface area contributed by atoms with Crippen LogP contribution >= 0.6 is 0 Å². The number of para-hydroxylation sites is 1. The lowest BCUT2D eigenvalue weighted by atomic mass is 9.88. The summed E-state index contributed by atoms with van der Waals surface area (Å²) in [5.41, 5.74) is 4.12. The molecule has 5 heteroatoms. The molecule has 2 heterocycles. The third kappa shape index (κ3) is 4.72. The van der Waals surface area contributed by atoms with Crippen LogP contribution in [0.1, 0.15) is 43.7 Å². The minimum Gasteiger partial charge on any atom is -0.494 e. The Kier molecular flexibility index (Phi) is 7.13. The first-order chi connectivity index (χ1) is 15.2. The molecule has 166 valence electrons. The molecule has 0 spiro atoms. The fraction of sp³-hybridized carbons (Fsp3) is 0.500. The molecule has 2 aliphatic rings. The lowest BCUT2D eigenvalue weighted by molar-refractivity contribution is -0.106. The van der Waals surface area contributed by atoms with Crippen LogP contribution in [0.25, 0.3) is 0 Å². The Bertz CT molecular complexity index is 867. The molecule has 1 saturated heterocycles. The monoisotopic (exact) mass is 422 g/mol. The zero-order valence-electron chi connectivity index (χ0n) is 18.8. The van der Waals surface area contributed by atoms with Gasteiger partial charge >= 0.3 is 0 Å². The van der Waals surface area contributed by atoms with Crippen LogP contribution in [0.15, 0.2) is 42.5 Å². The van der Waals surface area contributed by atoms with Crippen molar-refractivity contribution in [2.75, 3.05) is 44.3 Å². The molecule has 2 unspecified atom stereocenters. The number of ether oxygens (including phenoxy) is 2. The highest BCUT2D eigenvalue weighted by atomic mass is 16.5. The summed E-state index contributed by atoms with van der Waals surface area (Å²) in [5.74, 6) is 2.26. The minimum atomic E-state index is 0.448. The number of carbonyl (C=O) groups is 1. The van der Waals surface area contributed by atoms with Gasteiger partial charge in [-0.2, -0.15) is 0 Å². The quantitative estimate of drug-likeness (QED) is 0.422. The van der Waals surface area contributed by atoms with Crippen molar-refractivity contribution in [3.63, 3.8) is 0 Å². The zero-order valence-corrected chi connectivity index (χ0v) is 18.8. The third-order valence-corrected chi connectivity index (χ3v) is 6.57. The molecule has 4 rings (SSSR count). The predicted octanol–water partition coefficient (Wildman–Crippen LogP) is 4.29. The molecule has 0 saturated carbocycles. The topological polar surface area (TPSA) is 42.0 Å². The first kappa shape index (κ1) is 21.7. The van der Waals surface area contributed by atoms with E-state index in [0.29, 0.717) is 31.7 Å². The van der Waals surface area contributed by atoms with Crippen LogP contribution in [0.2, 0.25) is 0 Å². The first-order valence-electron chi connectivity index (χ1n) is 11.6. The molecule has 2 atom stereocenters. The van der Waals surface area contributed by atoms with Gasteiger partial charge in [0.05, 0.1) is 19.8 Å². The number of likely N-dealkylation sites (tertiary alicyclic amines) is 1. The van der Waals surface area contributed by atoms with E-state index in [1.807, 2.05) is 31.2 Å². The number of fused-ring (bicyclic) bond motifs is 3. The molecular weight excluding hydrogens is 388 g/mol. The van der Waals surface area contributed by atoms with Crippen LogP contribution in [0.3, 0.4) is 0 Å². The normalized spacial score (nSPS) is 20.3. The maximum atomic E-state index is 11.4. The molecule has 0 aliphatic carbocycles. The van der Waals surface area contributed by atoms with Crippen molar-refractivity contribution in [2.45, 2.75) is 45.1 Å². The molecule has 0 N–H and O–H groups in total. The minimum absolute atomic E-state index is 0.448. The van der Waals surface area contributed by atoms with E-state index in [-0.39, 0.29) is 0 Å². The van der Waals surface area contributed by atoms with Crippen LogP contribution in [0, 0.1) is 0 Å². The van der Waals surface area contributed by atoms with Gasteiger partial charge in [-0.15, -0.1) is 0 Å². The molecule has 2 aromatic rings. The van der Waals surface area contributed by atoms with Gasteiger partial charge < -0.3 is 24.1 Å². The number of hydrogen-bond donors (Lipinski definition) is 0. The molecule has 0 bridgehead atoms. The van der Waals surface area contributed by atoms with Crippen molar-refractivity contribution in [1.82, 2.24) is 4.90 Å². The van der Waals surface area contributed by atoms with Gasteiger partial charge in [0, 0.05) is 37.3 Å². The van der Waals surface area contributed by atoms with Gasteiger partial charge in [-0.1, -0.05) is 25.1 Å². The third-order valence-electron chi connectivity index (χ3n) is 6.57. The number of rotatable bonds is 10. The van der Waals surface area contributed by atoms with Gasteiger partial charge in [0.1, 0.15) is 17.8 Å². The Morgan fingerprint density at radius 2 is 1.84 bits per heavy atom. The van der Waals surface area contributed by atoms with E-state index in [9.17, 15) is 4.79 Å². The van der Waals surface area contributed by atoms with Crippen LogP contribution < -0.4 is 14.4 Å². The number of anilines is 1. The summed E-state index contributed by atoms with van der Waals surface area (Å²) < 4.78 is 11.4. The summed E-state index contributed by atoms with van der Waals surface area (Å²) in [6.07, 6.45) is 4.17. The second-order valence-corrected chi connectivity index (χ2v) is 8.40. The Morgan fingerprint density at radius 3 is 2.55 bits per heavy atom. The lowest BCUT2D eigenvalue weighted by Gasteiger charge is -2.38. The number of hydrogen-bond acceptors (Lipinski definition) is 5. The summed E-state index contributed by atoms with van der Waals surface area (Å²) in [6, 6.07) is 15.0. The van der Waals surface area contributed by atoms with Crippen molar-refractivity contribution in [3.05, 3.63) is 53.6 Å². The highest BCUT2D eigenvalue weighted by Gasteiger charge is 2.42. The van der Waals surface area contributed by atoms with Crippen LogP contribution in [0.4, 0.5) is 5.69 Å². The molecular formula is C26H34N2O3. The Morgan fingerprint density at radius 1 is 1.06 bits per heavy atom. The predicted molar refractivity (Wildman–Crippen MR) is 125 cm³/mol. The average Bonchev–Trinajstić information content (AvgIpc) is 3.11.